The lowest BCUT2D eigenvalue weighted by atomic mass is 10.2. The van der Waals surface area contributed by atoms with Gasteiger partial charge in [0.05, 0.1) is 11.3 Å². The first-order valence-corrected chi connectivity index (χ1v) is 10.3. The highest BCUT2D eigenvalue weighted by Crippen LogP contribution is 2.30. The van der Waals surface area contributed by atoms with Gasteiger partial charge in [-0.1, -0.05) is 17.8 Å². The number of hydrogen-bond donors (Lipinski definition) is 2. The van der Waals surface area contributed by atoms with Crippen molar-refractivity contribution < 1.29 is 9.18 Å². The zero-order valence-electron chi connectivity index (χ0n) is 14.3. The number of carbonyl (C=O) groups is 1. The van der Waals surface area contributed by atoms with E-state index in [2.05, 4.69) is 20.3 Å². The van der Waals surface area contributed by atoms with E-state index in [-0.39, 0.29) is 17.5 Å². The molecule has 0 aliphatic rings. The van der Waals surface area contributed by atoms with E-state index in [9.17, 15) is 9.18 Å². The largest absolute Gasteiger partial charge is 0.351 e. The van der Waals surface area contributed by atoms with Crippen molar-refractivity contribution in [1.82, 2.24) is 15.0 Å². The molecule has 5 nitrogen and oxygen atoms in total. The number of hydrogen-bond acceptors (Lipinski definition) is 5. The van der Waals surface area contributed by atoms with Gasteiger partial charge in [-0.2, -0.15) is 0 Å². The minimum atomic E-state index is -0.317. The Morgan fingerprint density at radius 3 is 2.96 bits per heavy atom. The van der Waals surface area contributed by atoms with Crippen LogP contribution >= 0.6 is 23.5 Å². The lowest BCUT2D eigenvalue weighted by Crippen LogP contribution is -2.14. The van der Waals surface area contributed by atoms with Gasteiger partial charge in [0.25, 0.3) is 0 Å². The van der Waals surface area contributed by atoms with Gasteiger partial charge in [0.2, 0.25) is 5.91 Å². The molecule has 0 unspecified atom stereocenters. The number of aromatic nitrogens is 3. The number of thioether (sulfide) groups is 2. The van der Waals surface area contributed by atoms with E-state index in [1.54, 1.807) is 17.8 Å². The molecule has 136 valence electrons. The molecule has 0 spiro atoms. The third-order valence-corrected chi connectivity index (χ3v) is 5.72. The van der Waals surface area contributed by atoms with Gasteiger partial charge in [0.1, 0.15) is 22.7 Å². The lowest BCUT2D eigenvalue weighted by Gasteiger charge is -2.06. The van der Waals surface area contributed by atoms with Crippen molar-refractivity contribution in [3.05, 3.63) is 54.6 Å². The molecule has 2 aromatic heterocycles. The molecule has 0 saturated heterocycles. The number of benzene rings is 2. The van der Waals surface area contributed by atoms with Gasteiger partial charge >= 0.3 is 0 Å². The lowest BCUT2D eigenvalue weighted by molar-refractivity contribution is -0.113. The number of H-pyrrole nitrogens is 1. The quantitative estimate of drug-likeness (QED) is 0.377. The molecule has 4 aromatic rings. The van der Waals surface area contributed by atoms with Gasteiger partial charge < -0.3 is 10.3 Å². The smallest absolute Gasteiger partial charge is 0.234 e. The zero-order chi connectivity index (χ0) is 18.8. The van der Waals surface area contributed by atoms with Gasteiger partial charge in [0.15, 0.2) is 0 Å². The Kier molecular flexibility index (Phi) is 5.00. The fraction of sp³-hybridized carbons (Fsp3) is 0.105. The van der Waals surface area contributed by atoms with Crippen molar-refractivity contribution in [2.24, 2.45) is 0 Å². The van der Waals surface area contributed by atoms with Gasteiger partial charge in [-0.15, -0.1) is 11.8 Å². The Morgan fingerprint density at radius 2 is 2.11 bits per heavy atom. The topological polar surface area (TPSA) is 70.7 Å². The predicted octanol–water partition coefficient (Wildman–Crippen LogP) is 4.70. The Morgan fingerprint density at radius 1 is 1.22 bits per heavy atom. The van der Waals surface area contributed by atoms with E-state index in [0.29, 0.717) is 21.4 Å². The molecule has 2 heterocycles. The van der Waals surface area contributed by atoms with E-state index < -0.39 is 0 Å². The molecule has 0 saturated carbocycles. The molecule has 2 aromatic carbocycles. The third kappa shape index (κ3) is 3.77. The van der Waals surface area contributed by atoms with Crippen molar-refractivity contribution in [2.45, 2.75) is 9.92 Å². The van der Waals surface area contributed by atoms with Crippen LogP contribution in [0.4, 0.5) is 10.1 Å². The molecule has 0 aliphatic carbocycles. The van der Waals surface area contributed by atoms with Crippen LogP contribution in [0.25, 0.3) is 21.9 Å². The monoisotopic (exact) mass is 398 g/mol. The summed E-state index contributed by atoms with van der Waals surface area (Å²) in [5.74, 6) is -0.227. The summed E-state index contributed by atoms with van der Waals surface area (Å²) in [6.45, 7) is 0. The number of amides is 1. The predicted molar refractivity (Wildman–Crippen MR) is 109 cm³/mol. The second-order valence-corrected chi connectivity index (χ2v) is 7.63. The van der Waals surface area contributed by atoms with Crippen molar-refractivity contribution in [3.8, 4) is 0 Å². The van der Waals surface area contributed by atoms with Gasteiger partial charge in [-0.25, -0.2) is 14.4 Å². The average molecular weight is 398 g/mol. The van der Waals surface area contributed by atoms with Crippen LogP contribution in [0.3, 0.4) is 0 Å². The number of nitrogens with one attached hydrogen (secondary N) is 2. The minimum Gasteiger partial charge on any atom is -0.351 e. The summed E-state index contributed by atoms with van der Waals surface area (Å²) >= 11 is 2.93. The van der Waals surface area contributed by atoms with Crippen LogP contribution in [0.1, 0.15) is 0 Å². The third-order valence-electron chi connectivity index (χ3n) is 4.00. The van der Waals surface area contributed by atoms with Crippen LogP contribution in [-0.4, -0.2) is 32.9 Å². The average Bonchev–Trinajstić information content (AvgIpc) is 3.05. The Balaban J connectivity index is 1.53. The zero-order valence-corrected chi connectivity index (χ0v) is 16.0. The SMILES string of the molecule is CSc1cccc(NC(=O)CSc2ncnc3c2[nH]c2ccc(F)cc23)c1. The number of carbonyl (C=O) groups excluding carboxylic acids is 1. The Labute approximate surface area is 163 Å². The first kappa shape index (κ1) is 17.8. The molecular formula is C19H15FN4OS2. The molecule has 0 bridgehead atoms. The molecule has 1 amide bonds. The molecule has 0 aliphatic heterocycles. The van der Waals surface area contributed by atoms with Crippen LogP contribution in [-0.2, 0) is 4.79 Å². The number of rotatable bonds is 5. The van der Waals surface area contributed by atoms with E-state index in [1.807, 2.05) is 30.5 Å². The van der Waals surface area contributed by atoms with Crippen LogP contribution in [0, 0.1) is 5.82 Å². The van der Waals surface area contributed by atoms with Crippen molar-refractivity contribution in [1.29, 1.82) is 0 Å². The van der Waals surface area contributed by atoms with Crippen molar-refractivity contribution >= 4 is 57.1 Å². The number of aromatic amines is 1. The first-order chi connectivity index (χ1) is 13.1. The van der Waals surface area contributed by atoms with E-state index >= 15 is 0 Å². The highest BCUT2D eigenvalue weighted by atomic mass is 32.2. The summed E-state index contributed by atoms with van der Waals surface area (Å²) < 4.78 is 13.5. The Bertz CT molecular complexity index is 1150. The number of halogens is 1. The highest BCUT2D eigenvalue weighted by molar-refractivity contribution is 8.00. The van der Waals surface area contributed by atoms with Crippen molar-refractivity contribution in [2.75, 3.05) is 17.3 Å². The highest BCUT2D eigenvalue weighted by Gasteiger charge is 2.13. The summed E-state index contributed by atoms with van der Waals surface area (Å²) in [7, 11) is 0. The first-order valence-electron chi connectivity index (χ1n) is 8.12. The number of anilines is 1. The van der Waals surface area contributed by atoms with E-state index in [0.717, 1.165) is 16.1 Å². The normalized spacial score (nSPS) is 11.2. The van der Waals surface area contributed by atoms with Crippen LogP contribution in [0.2, 0.25) is 0 Å². The van der Waals surface area contributed by atoms with Crippen LogP contribution < -0.4 is 5.32 Å². The Hall–Kier alpha value is -2.58. The minimum absolute atomic E-state index is 0.118. The molecule has 2 N–H and O–H groups in total. The summed E-state index contributed by atoms with van der Waals surface area (Å²) in [4.78, 5) is 25.1. The van der Waals surface area contributed by atoms with Gasteiger partial charge in [0, 0.05) is 21.5 Å². The molecule has 0 radical (unpaired) electrons. The van der Waals surface area contributed by atoms with Gasteiger partial charge in [-0.3, -0.25) is 4.79 Å². The summed E-state index contributed by atoms with van der Waals surface area (Å²) in [6.07, 6.45) is 3.42. The summed E-state index contributed by atoms with van der Waals surface area (Å²) in [5, 5.41) is 4.25. The van der Waals surface area contributed by atoms with E-state index in [4.69, 9.17) is 0 Å². The maximum atomic E-state index is 13.5. The fourth-order valence-electron chi connectivity index (χ4n) is 2.78. The fourth-order valence-corrected chi connectivity index (χ4v) is 4.00. The van der Waals surface area contributed by atoms with Gasteiger partial charge in [-0.05, 0) is 42.7 Å². The van der Waals surface area contributed by atoms with Crippen LogP contribution in [0.15, 0.2) is 58.7 Å². The van der Waals surface area contributed by atoms with Crippen LogP contribution in [0.5, 0.6) is 0 Å². The molecule has 0 fully saturated rings. The maximum absolute atomic E-state index is 13.5. The molecule has 27 heavy (non-hydrogen) atoms. The molecule has 0 atom stereocenters. The molecule has 8 heteroatoms. The summed E-state index contributed by atoms with van der Waals surface area (Å²) in [5.41, 5.74) is 2.91. The second kappa shape index (κ2) is 7.58. The summed E-state index contributed by atoms with van der Waals surface area (Å²) in [6, 6.07) is 12.2. The standard InChI is InChI=1S/C19H15FN4OS2/c1-26-13-4-2-3-12(8-13)23-16(25)9-27-19-18-17(21-10-22-19)14-7-11(20)5-6-15(14)24-18/h2-8,10,24H,9H2,1H3,(H,23,25). The maximum Gasteiger partial charge on any atom is 0.234 e. The second-order valence-electron chi connectivity index (χ2n) is 5.79. The van der Waals surface area contributed by atoms with E-state index in [1.165, 1.54) is 30.2 Å². The number of fused-ring (bicyclic) bond motifs is 3. The molecule has 4 rings (SSSR count). The molecular weight excluding hydrogens is 383 g/mol. The number of nitrogens with zero attached hydrogens (tertiary/aromatic N) is 2. The van der Waals surface area contributed by atoms with Crippen molar-refractivity contribution in [3.63, 3.8) is 0 Å².